The van der Waals surface area contributed by atoms with Crippen molar-refractivity contribution in [2.75, 3.05) is 11.4 Å². The number of hydrogen-bond donors (Lipinski definition) is 1. The van der Waals surface area contributed by atoms with Gasteiger partial charge in [-0.3, -0.25) is 4.90 Å². The van der Waals surface area contributed by atoms with E-state index < -0.39 is 0 Å². The van der Waals surface area contributed by atoms with Gasteiger partial charge in [0.15, 0.2) is 0 Å². The number of benzene rings is 1. The zero-order valence-corrected chi connectivity index (χ0v) is 12.6. The van der Waals surface area contributed by atoms with E-state index in [1.54, 1.807) is 0 Å². The second-order valence-electron chi connectivity index (χ2n) is 5.57. The van der Waals surface area contributed by atoms with E-state index in [4.69, 9.17) is 4.42 Å². The topological polar surface area (TPSA) is 45.5 Å². The minimum Gasteiger partial charge on any atom is -0.466 e. The molecule has 1 aromatic heterocycles. The Morgan fingerprint density at radius 3 is 2.81 bits per heavy atom. The summed E-state index contributed by atoms with van der Waals surface area (Å²) in [5, 5.41) is 3.06. The number of urea groups is 1. The summed E-state index contributed by atoms with van der Waals surface area (Å²) in [6, 6.07) is 9.93. The first-order valence-corrected chi connectivity index (χ1v) is 7.29. The van der Waals surface area contributed by atoms with Crippen LogP contribution >= 0.6 is 0 Å². The zero-order chi connectivity index (χ0) is 15.0. The van der Waals surface area contributed by atoms with Crippen LogP contribution in [0.3, 0.4) is 0 Å². The number of nitrogens with one attached hydrogen (secondary N) is 1. The summed E-state index contributed by atoms with van der Waals surface area (Å²) in [5.74, 6) is 1.73. The highest BCUT2D eigenvalue weighted by molar-refractivity contribution is 5.94. The second-order valence-corrected chi connectivity index (χ2v) is 5.57. The van der Waals surface area contributed by atoms with Crippen molar-refractivity contribution in [1.82, 2.24) is 5.32 Å². The van der Waals surface area contributed by atoms with Gasteiger partial charge in [-0.2, -0.15) is 0 Å². The quantitative estimate of drug-likeness (QED) is 0.913. The van der Waals surface area contributed by atoms with Crippen LogP contribution in [0.2, 0.25) is 0 Å². The molecule has 1 atom stereocenters. The number of furan rings is 1. The van der Waals surface area contributed by atoms with Crippen LogP contribution in [0.4, 0.5) is 10.5 Å². The number of hydrogen-bond acceptors (Lipinski definition) is 2. The normalized spacial score (nSPS) is 14.9. The number of amides is 2. The average molecular weight is 284 g/mol. The second kappa shape index (κ2) is 5.28. The number of carbonyl (C=O) groups is 1. The fourth-order valence-electron chi connectivity index (χ4n) is 2.97. The fourth-order valence-corrected chi connectivity index (χ4v) is 2.97. The molecule has 1 aliphatic rings. The third-order valence-corrected chi connectivity index (χ3v) is 4.02. The van der Waals surface area contributed by atoms with E-state index in [2.05, 4.69) is 11.4 Å². The summed E-state index contributed by atoms with van der Waals surface area (Å²) < 4.78 is 5.53. The molecular formula is C17H20N2O2. The fraction of sp³-hybridized carbons (Fsp3) is 0.353. The van der Waals surface area contributed by atoms with Crippen molar-refractivity contribution in [1.29, 1.82) is 0 Å². The van der Waals surface area contributed by atoms with Crippen molar-refractivity contribution in [2.24, 2.45) is 0 Å². The minimum absolute atomic E-state index is 0.0503. The van der Waals surface area contributed by atoms with E-state index in [0.717, 1.165) is 35.7 Å². The van der Waals surface area contributed by atoms with Crippen LogP contribution in [0.5, 0.6) is 0 Å². The molecule has 0 aliphatic carbocycles. The first-order valence-electron chi connectivity index (χ1n) is 7.29. The van der Waals surface area contributed by atoms with E-state index in [1.165, 1.54) is 5.56 Å². The highest BCUT2D eigenvalue weighted by Crippen LogP contribution is 2.28. The van der Waals surface area contributed by atoms with Gasteiger partial charge in [-0.15, -0.1) is 0 Å². The molecule has 4 nitrogen and oxygen atoms in total. The molecule has 2 heterocycles. The number of rotatable bonds is 2. The molecule has 2 aromatic rings. The predicted molar refractivity (Wildman–Crippen MR) is 82.6 cm³/mol. The van der Waals surface area contributed by atoms with E-state index in [-0.39, 0.29) is 12.1 Å². The summed E-state index contributed by atoms with van der Waals surface area (Å²) in [4.78, 5) is 14.3. The van der Waals surface area contributed by atoms with Gasteiger partial charge in [-0.25, -0.2) is 4.79 Å². The lowest BCUT2D eigenvalue weighted by atomic mass is 10.1. The Kier molecular flexibility index (Phi) is 3.45. The Morgan fingerprint density at radius 1 is 1.33 bits per heavy atom. The van der Waals surface area contributed by atoms with Crippen LogP contribution in [0, 0.1) is 13.8 Å². The maximum atomic E-state index is 12.5. The summed E-state index contributed by atoms with van der Waals surface area (Å²) >= 11 is 0. The first-order chi connectivity index (χ1) is 10.1. The Morgan fingerprint density at radius 2 is 2.10 bits per heavy atom. The third kappa shape index (κ3) is 2.53. The molecule has 1 unspecified atom stereocenters. The predicted octanol–water partition coefficient (Wildman–Crippen LogP) is 3.73. The van der Waals surface area contributed by atoms with Crippen LogP contribution in [-0.2, 0) is 6.42 Å². The van der Waals surface area contributed by atoms with Gasteiger partial charge < -0.3 is 9.73 Å². The van der Waals surface area contributed by atoms with Crippen molar-refractivity contribution in [2.45, 2.75) is 33.2 Å². The molecule has 110 valence electrons. The van der Waals surface area contributed by atoms with Gasteiger partial charge in [0.25, 0.3) is 0 Å². The molecule has 0 fully saturated rings. The largest absolute Gasteiger partial charge is 0.466 e. The number of anilines is 1. The molecule has 1 aliphatic heterocycles. The molecule has 1 aromatic carbocycles. The van der Waals surface area contributed by atoms with Crippen molar-refractivity contribution < 1.29 is 9.21 Å². The Balaban J connectivity index is 1.74. The van der Waals surface area contributed by atoms with Gasteiger partial charge in [-0.1, -0.05) is 18.2 Å². The lowest BCUT2D eigenvalue weighted by molar-refractivity contribution is 0.244. The molecule has 4 heteroatoms. The van der Waals surface area contributed by atoms with Crippen LogP contribution < -0.4 is 10.2 Å². The number of para-hydroxylation sites is 1. The Hall–Kier alpha value is -2.23. The summed E-state index contributed by atoms with van der Waals surface area (Å²) in [6.45, 7) is 6.57. The molecule has 0 saturated heterocycles. The van der Waals surface area contributed by atoms with E-state index >= 15 is 0 Å². The molecule has 3 rings (SSSR count). The van der Waals surface area contributed by atoms with Gasteiger partial charge in [0.2, 0.25) is 0 Å². The van der Waals surface area contributed by atoms with Gasteiger partial charge in [0, 0.05) is 17.8 Å². The Bertz CT molecular complexity index is 675. The van der Waals surface area contributed by atoms with Crippen LogP contribution in [0.25, 0.3) is 0 Å². The standard InChI is InChI=1S/C17H20N2O2/c1-11-10-15(13(3)21-11)12(2)18-17(20)19-9-8-14-6-4-5-7-16(14)19/h4-7,10,12H,8-9H2,1-3H3,(H,18,20). The highest BCUT2D eigenvalue weighted by atomic mass is 16.3. The number of aryl methyl sites for hydroxylation is 2. The molecule has 2 amide bonds. The van der Waals surface area contributed by atoms with Gasteiger partial charge in [-0.05, 0) is 44.9 Å². The molecular weight excluding hydrogens is 264 g/mol. The van der Waals surface area contributed by atoms with E-state index in [0.29, 0.717) is 0 Å². The molecule has 1 N–H and O–H groups in total. The zero-order valence-electron chi connectivity index (χ0n) is 12.6. The van der Waals surface area contributed by atoms with Crippen molar-refractivity contribution in [3.05, 3.63) is 53.0 Å². The van der Waals surface area contributed by atoms with Crippen LogP contribution in [0.15, 0.2) is 34.7 Å². The van der Waals surface area contributed by atoms with Gasteiger partial charge in [0.1, 0.15) is 11.5 Å². The molecule has 0 bridgehead atoms. The van der Waals surface area contributed by atoms with Crippen LogP contribution in [-0.4, -0.2) is 12.6 Å². The smallest absolute Gasteiger partial charge is 0.322 e. The number of carbonyl (C=O) groups excluding carboxylic acids is 1. The van der Waals surface area contributed by atoms with E-state index in [1.807, 2.05) is 49.9 Å². The highest BCUT2D eigenvalue weighted by Gasteiger charge is 2.25. The lowest BCUT2D eigenvalue weighted by Crippen LogP contribution is -2.40. The number of fused-ring (bicyclic) bond motifs is 1. The lowest BCUT2D eigenvalue weighted by Gasteiger charge is -2.21. The summed E-state index contributed by atoms with van der Waals surface area (Å²) in [7, 11) is 0. The van der Waals surface area contributed by atoms with Crippen molar-refractivity contribution in [3.8, 4) is 0 Å². The SMILES string of the molecule is Cc1cc(C(C)NC(=O)N2CCc3ccccc32)c(C)o1. The van der Waals surface area contributed by atoms with Crippen molar-refractivity contribution >= 4 is 11.7 Å². The minimum atomic E-state index is -0.0669. The van der Waals surface area contributed by atoms with Crippen LogP contribution in [0.1, 0.15) is 35.6 Å². The maximum absolute atomic E-state index is 12.5. The number of nitrogens with zero attached hydrogens (tertiary/aromatic N) is 1. The van der Waals surface area contributed by atoms with E-state index in [9.17, 15) is 4.79 Å². The molecule has 0 spiro atoms. The Labute approximate surface area is 124 Å². The van der Waals surface area contributed by atoms with Gasteiger partial charge >= 0.3 is 6.03 Å². The first kappa shape index (κ1) is 13.7. The average Bonchev–Trinajstić information content (AvgIpc) is 3.01. The third-order valence-electron chi connectivity index (χ3n) is 4.02. The monoisotopic (exact) mass is 284 g/mol. The molecule has 0 saturated carbocycles. The summed E-state index contributed by atoms with van der Waals surface area (Å²) in [6.07, 6.45) is 0.918. The molecule has 0 radical (unpaired) electrons. The summed E-state index contributed by atoms with van der Waals surface area (Å²) in [5.41, 5.74) is 3.28. The molecule has 21 heavy (non-hydrogen) atoms. The van der Waals surface area contributed by atoms with Crippen molar-refractivity contribution in [3.63, 3.8) is 0 Å². The van der Waals surface area contributed by atoms with Gasteiger partial charge in [0.05, 0.1) is 6.04 Å². The maximum Gasteiger partial charge on any atom is 0.322 e.